The van der Waals surface area contributed by atoms with Crippen molar-refractivity contribution in [2.45, 2.75) is 70.1 Å². The summed E-state index contributed by atoms with van der Waals surface area (Å²) in [6.07, 6.45) is 1.55. The minimum Gasteiger partial charge on any atom is -0.411 e. The first-order chi connectivity index (χ1) is 7.22. The van der Waals surface area contributed by atoms with E-state index in [1.807, 2.05) is 0 Å². The van der Waals surface area contributed by atoms with E-state index in [2.05, 4.69) is 33.9 Å². The lowest BCUT2D eigenvalue weighted by molar-refractivity contribution is -0.121. The number of epoxide rings is 1. The Labute approximate surface area is 98.6 Å². The fraction of sp³-hybridized carbons (Fsp3) is 0.917. The monoisotopic (exact) mass is 242 g/mol. The highest BCUT2D eigenvalue weighted by Gasteiger charge is 2.55. The van der Waals surface area contributed by atoms with Crippen molar-refractivity contribution in [3.8, 4) is 0 Å². The number of rotatable bonds is 2. The molecule has 2 fully saturated rings. The first-order valence-corrected chi connectivity index (χ1v) is 8.99. The van der Waals surface area contributed by atoms with Crippen molar-refractivity contribution >= 4 is 14.1 Å². The van der Waals surface area contributed by atoms with Crippen molar-refractivity contribution in [1.82, 2.24) is 0 Å². The Balaban J connectivity index is 1.99. The van der Waals surface area contributed by atoms with Gasteiger partial charge < -0.3 is 9.16 Å². The Bertz CT molecular complexity index is 306. The van der Waals surface area contributed by atoms with Crippen molar-refractivity contribution in [2.75, 3.05) is 0 Å². The molecule has 0 radical (unpaired) electrons. The van der Waals surface area contributed by atoms with Crippen LogP contribution in [0.3, 0.4) is 0 Å². The molecule has 1 saturated heterocycles. The summed E-state index contributed by atoms with van der Waals surface area (Å²) in [7, 11) is -1.72. The van der Waals surface area contributed by atoms with E-state index in [0.29, 0.717) is 6.42 Å². The molecule has 1 aliphatic heterocycles. The van der Waals surface area contributed by atoms with Gasteiger partial charge >= 0.3 is 0 Å². The molecule has 0 bridgehead atoms. The van der Waals surface area contributed by atoms with Gasteiger partial charge in [-0.1, -0.05) is 20.8 Å². The minimum atomic E-state index is -1.72. The third-order valence-corrected chi connectivity index (χ3v) is 8.64. The van der Waals surface area contributed by atoms with Gasteiger partial charge in [-0.3, -0.25) is 4.79 Å². The van der Waals surface area contributed by atoms with Crippen LogP contribution in [0.5, 0.6) is 0 Å². The summed E-state index contributed by atoms with van der Waals surface area (Å²) in [4.78, 5) is 11.4. The van der Waals surface area contributed by atoms with Gasteiger partial charge in [0, 0.05) is 6.42 Å². The largest absolute Gasteiger partial charge is 0.411 e. The maximum absolute atomic E-state index is 11.4. The van der Waals surface area contributed by atoms with E-state index < -0.39 is 8.32 Å². The number of fused-ring (bicyclic) bond motifs is 1. The normalized spacial score (nSPS) is 34.8. The second kappa shape index (κ2) is 3.65. The molecular formula is C12H22O3Si. The summed E-state index contributed by atoms with van der Waals surface area (Å²) in [5, 5.41) is 0.221. The maximum Gasteiger partial charge on any atom is 0.192 e. The fourth-order valence-electron chi connectivity index (χ4n) is 1.94. The molecule has 0 aromatic heterocycles. The van der Waals surface area contributed by atoms with Crippen molar-refractivity contribution in [2.24, 2.45) is 0 Å². The molecule has 0 spiro atoms. The lowest BCUT2D eigenvalue weighted by Crippen LogP contribution is -2.46. The van der Waals surface area contributed by atoms with Crippen LogP contribution < -0.4 is 0 Å². The maximum atomic E-state index is 11.4. The predicted molar refractivity (Wildman–Crippen MR) is 65.0 cm³/mol. The molecule has 0 amide bonds. The van der Waals surface area contributed by atoms with Crippen LogP contribution in [0.1, 0.15) is 33.6 Å². The topological polar surface area (TPSA) is 38.8 Å². The number of hydrogen-bond donors (Lipinski definition) is 0. The summed E-state index contributed by atoms with van der Waals surface area (Å²) in [6.45, 7) is 11.2. The summed E-state index contributed by atoms with van der Waals surface area (Å²) in [5.41, 5.74) is 0. The summed E-state index contributed by atoms with van der Waals surface area (Å²) < 4.78 is 11.7. The van der Waals surface area contributed by atoms with Crippen LogP contribution in [0.15, 0.2) is 0 Å². The van der Waals surface area contributed by atoms with Gasteiger partial charge in [-0.05, 0) is 24.6 Å². The number of carbonyl (C=O) groups is 1. The van der Waals surface area contributed by atoms with Crippen molar-refractivity contribution in [1.29, 1.82) is 0 Å². The standard InChI is InChI=1S/C12H22O3Si/c1-12(2,3)16(4,5)15-9-7-6-8(13)10-11(9)14-10/h9-11H,6-7H2,1-5H3/t9-,10-,11+/m1/s1. The SMILES string of the molecule is CC(C)(C)[Si](C)(C)O[C@@H]1CCC(=O)[C@H]2O[C@H]21. The molecule has 0 aromatic rings. The summed E-state index contributed by atoms with van der Waals surface area (Å²) >= 11 is 0. The number of ketones is 1. The minimum absolute atomic E-state index is 0.0652. The summed E-state index contributed by atoms with van der Waals surface area (Å²) in [6, 6.07) is 0. The van der Waals surface area contributed by atoms with Crippen LogP contribution in [0, 0.1) is 0 Å². The van der Waals surface area contributed by atoms with Gasteiger partial charge in [-0.15, -0.1) is 0 Å². The number of Topliss-reactive ketones (excluding diaryl/α,β-unsaturated/α-hetero) is 1. The highest BCUT2D eigenvalue weighted by Crippen LogP contribution is 2.42. The van der Waals surface area contributed by atoms with Gasteiger partial charge in [0.1, 0.15) is 12.2 Å². The first-order valence-electron chi connectivity index (χ1n) is 6.08. The fourth-order valence-corrected chi connectivity index (χ4v) is 3.30. The van der Waals surface area contributed by atoms with Crippen LogP contribution >= 0.6 is 0 Å². The molecule has 0 unspecified atom stereocenters. The van der Waals surface area contributed by atoms with Crippen molar-refractivity contribution < 1.29 is 14.0 Å². The number of ether oxygens (including phenoxy) is 1. The quantitative estimate of drug-likeness (QED) is 0.551. The van der Waals surface area contributed by atoms with Crippen molar-refractivity contribution in [3.05, 3.63) is 0 Å². The van der Waals surface area contributed by atoms with E-state index in [-0.39, 0.29) is 29.1 Å². The second-order valence-electron chi connectivity index (χ2n) is 6.44. The Morgan fingerprint density at radius 1 is 1.38 bits per heavy atom. The van der Waals surface area contributed by atoms with E-state index in [0.717, 1.165) is 6.42 Å². The van der Waals surface area contributed by atoms with E-state index in [1.54, 1.807) is 0 Å². The van der Waals surface area contributed by atoms with Crippen LogP contribution in [0.25, 0.3) is 0 Å². The average molecular weight is 242 g/mol. The summed E-state index contributed by atoms with van der Waals surface area (Å²) in [5.74, 6) is 0.264. The van der Waals surface area contributed by atoms with Gasteiger partial charge in [0.2, 0.25) is 0 Å². The highest BCUT2D eigenvalue weighted by molar-refractivity contribution is 6.74. The molecule has 16 heavy (non-hydrogen) atoms. The van der Waals surface area contributed by atoms with Gasteiger partial charge in [0.05, 0.1) is 6.10 Å². The Morgan fingerprint density at radius 3 is 2.56 bits per heavy atom. The van der Waals surface area contributed by atoms with Gasteiger partial charge in [-0.2, -0.15) is 0 Å². The smallest absolute Gasteiger partial charge is 0.192 e. The highest BCUT2D eigenvalue weighted by atomic mass is 28.4. The number of carbonyl (C=O) groups excluding carboxylic acids is 1. The van der Waals surface area contributed by atoms with Crippen LogP contribution in [-0.2, 0) is 14.0 Å². The average Bonchev–Trinajstić information content (AvgIpc) is 2.87. The van der Waals surface area contributed by atoms with Gasteiger partial charge in [0.25, 0.3) is 0 Å². The van der Waals surface area contributed by atoms with Crippen LogP contribution in [0.4, 0.5) is 0 Å². The van der Waals surface area contributed by atoms with Crippen LogP contribution in [0.2, 0.25) is 18.1 Å². The van der Waals surface area contributed by atoms with E-state index in [9.17, 15) is 4.79 Å². The molecule has 3 nitrogen and oxygen atoms in total. The van der Waals surface area contributed by atoms with Gasteiger partial charge in [-0.25, -0.2) is 0 Å². The second-order valence-corrected chi connectivity index (χ2v) is 11.2. The lowest BCUT2D eigenvalue weighted by Gasteiger charge is -2.39. The molecule has 1 saturated carbocycles. The zero-order valence-electron chi connectivity index (χ0n) is 10.9. The first kappa shape index (κ1) is 12.3. The Morgan fingerprint density at radius 2 is 2.00 bits per heavy atom. The molecule has 4 heteroatoms. The van der Waals surface area contributed by atoms with E-state index >= 15 is 0 Å². The Hall–Kier alpha value is -0.193. The zero-order valence-corrected chi connectivity index (χ0v) is 11.9. The molecule has 92 valence electrons. The molecular weight excluding hydrogens is 220 g/mol. The predicted octanol–water partition coefficient (Wildman–Crippen LogP) is 2.51. The van der Waals surface area contributed by atoms with E-state index in [4.69, 9.17) is 9.16 Å². The third-order valence-electron chi connectivity index (χ3n) is 4.14. The zero-order chi connectivity index (χ0) is 12.1. The number of hydrogen-bond acceptors (Lipinski definition) is 3. The molecule has 2 rings (SSSR count). The Kier molecular flexibility index (Phi) is 2.80. The van der Waals surface area contributed by atoms with Crippen LogP contribution in [-0.4, -0.2) is 32.4 Å². The lowest BCUT2D eigenvalue weighted by atomic mass is 9.97. The third kappa shape index (κ3) is 2.10. The molecule has 1 aliphatic carbocycles. The van der Waals surface area contributed by atoms with E-state index in [1.165, 1.54) is 0 Å². The molecule has 0 N–H and O–H groups in total. The molecule has 0 aromatic carbocycles. The molecule has 3 atom stereocenters. The van der Waals surface area contributed by atoms with Crippen molar-refractivity contribution in [3.63, 3.8) is 0 Å². The van der Waals surface area contributed by atoms with Gasteiger partial charge in [0.15, 0.2) is 14.1 Å². The molecule has 1 heterocycles. The molecule has 2 aliphatic rings.